The van der Waals surface area contributed by atoms with Crippen LogP contribution in [-0.4, -0.2) is 23.1 Å². The highest BCUT2D eigenvalue weighted by molar-refractivity contribution is 5.90. The van der Waals surface area contributed by atoms with Crippen LogP contribution in [0.25, 0.3) is 0 Å². The molecule has 0 aliphatic heterocycles. The number of carboxylic acid groups (broad SMARTS) is 1. The Morgan fingerprint density at radius 2 is 1.70 bits per heavy atom. The second-order valence-corrected chi connectivity index (χ2v) is 5.54. The third kappa shape index (κ3) is 8.73. The molecule has 0 aliphatic carbocycles. The lowest BCUT2D eigenvalue weighted by molar-refractivity contribution is -0.147. The molecule has 0 aromatic carbocycles. The molecule has 0 aliphatic rings. The number of ether oxygens (including phenoxy) is 1. The van der Waals surface area contributed by atoms with Gasteiger partial charge in [-0.3, -0.25) is 0 Å². The van der Waals surface area contributed by atoms with Gasteiger partial charge in [0.05, 0.1) is 0 Å². The summed E-state index contributed by atoms with van der Waals surface area (Å²) in [5, 5.41) is 8.51. The molecule has 0 saturated heterocycles. The molecule has 0 fully saturated rings. The fourth-order valence-electron chi connectivity index (χ4n) is 2.37. The van der Waals surface area contributed by atoms with Crippen molar-refractivity contribution in [2.24, 2.45) is 11.8 Å². The Morgan fingerprint density at radius 3 is 2.20 bits per heavy atom. The van der Waals surface area contributed by atoms with E-state index in [1.807, 2.05) is 0 Å². The van der Waals surface area contributed by atoms with E-state index < -0.39 is 11.9 Å². The zero-order valence-corrected chi connectivity index (χ0v) is 13.1. The molecular weight excluding hydrogens is 256 g/mol. The number of carbonyl (C=O) groups is 2. The summed E-state index contributed by atoms with van der Waals surface area (Å²) in [5.41, 5.74) is 0. The molecule has 3 atom stereocenters. The summed E-state index contributed by atoms with van der Waals surface area (Å²) >= 11 is 0. The van der Waals surface area contributed by atoms with Gasteiger partial charge in [0.15, 0.2) is 0 Å². The normalized spacial score (nSPS) is 15.8. The predicted octanol–water partition coefficient (Wildman–Crippen LogP) is 3.80. The third-order valence-electron chi connectivity index (χ3n) is 3.42. The van der Waals surface area contributed by atoms with E-state index in [9.17, 15) is 9.59 Å². The van der Waals surface area contributed by atoms with Crippen LogP contribution in [0.2, 0.25) is 0 Å². The van der Waals surface area contributed by atoms with Crippen molar-refractivity contribution in [2.75, 3.05) is 0 Å². The summed E-state index contributed by atoms with van der Waals surface area (Å²) in [6.07, 6.45) is 6.77. The van der Waals surface area contributed by atoms with Crippen LogP contribution in [0.15, 0.2) is 12.2 Å². The van der Waals surface area contributed by atoms with Crippen molar-refractivity contribution in [1.29, 1.82) is 0 Å². The van der Waals surface area contributed by atoms with Crippen LogP contribution < -0.4 is 0 Å². The molecule has 0 radical (unpaired) electrons. The molecule has 0 amide bonds. The number of rotatable bonds is 10. The molecule has 0 aromatic heterocycles. The minimum atomic E-state index is -1.14. The zero-order chi connectivity index (χ0) is 15.5. The van der Waals surface area contributed by atoms with Crippen LogP contribution >= 0.6 is 0 Å². The monoisotopic (exact) mass is 284 g/mol. The molecule has 3 unspecified atom stereocenters. The number of carboxylic acids is 1. The Kier molecular flexibility index (Phi) is 9.77. The highest BCUT2D eigenvalue weighted by Crippen LogP contribution is 2.23. The maximum absolute atomic E-state index is 11.6. The van der Waals surface area contributed by atoms with Gasteiger partial charge in [-0.15, -0.1) is 0 Å². The van der Waals surface area contributed by atoms with Crippen LogP contribution in [0.5, 0.6) is 0 Å². The van der Waals surface area contributed by atoms with Crippen molar-refractivity contribution in [2.45, 2.75) is 65.9 Å². The molecular formula is C16H28O4. The lowest BCUT2D eigenvalue weighted by atomic mass is 9.90. The van der Waals surface area contributed by atoms with E-state index in [4.69, 9.17) is 9.84 Å². The lowest BCUT2D eigenvalue weighted by Crippen LogP contribution is -2.27. The summed E-state index contributed by atoms with van der Waals surface area (Å²) < 4.78 is 5.44. The van der Waals surface area contributed by atoms with Crippen LogP contribution in [0.4, 0.5) is 0 Å². The first-order chi connectivity index (χ1) is 9.40. The first kappa shape index (κ1) is 18.7. The Morgan fingerprint density at radius 1 is 1.10 bits per heavy atom. The van der Waals surface area contributed by atoms with Crippen molar-refractivity contribution >= 4 is 11.9 Å². The first-order valence-electron chi connectivity index (χ1n) is 7.52. The molecule has 4 nitrogen and oxygen atoms in total. The van der Waals surface area contributed by atoms with Crippen molar-refractivity contribution < 1.29 is 19.4 Å². The average molecular weight is 284 g/mol. The van der Waals surface area contributed by atoms with E-state index in [-0.39, 0.29) is 6.10 Å². The Hall–Kier alpha value is -1.32. The molecule has 0 aromatic rings. The van der Waals surface area contributed by atoms with Crippen molar-refractivity contribution in [1.82, 2.24) is 0 Å². The van der Waals surface area contributed by atoms with E-state index in [0.29, 0.717) is 11.8 Å². The zero-order valence-electron chi connectivity index (χ0n) is 13.1. The number of aliphatic carboxylic acids is 1. The van der Waals surface area contributed by atoms with Gasteiger partial charge in [-0.1, -0.05) is 47.0 Å². The van der Waals surface area contributed by atoms with Gasteiger partial charge >= 0.3 is 11.9 Å². The minimum Gasteiger partial charge on any atom is -0.478 e. The van der Waals surface area contributed by atoms with Gasteiger partial charge in [0, 0.05) is 12.2 Å². The molecule has 0 heterocycles. The maximum Gasteiger partial charge on any atom is 0.331 e. The minimum absolute atomic E-state index is 0.137. The van der Waals surface area contributed by atoms with E-state index in [0.717, 1.165) is 44.3 Å². The van der Waals surface area contributed by atoms with Crippen LogP contribution in [0.3, 0.4) is 0 Å². The molecule has 0 saturated carbocycles. The largest absolute Gasteiger partial charge is 0.478 e. The quantitative estimate of drug-likeness (QED) is 0.489. The summed E-state index contributed by atoms with van der Waals surface area (Å²) in [5.74, 6) is -0.912. The summed E-state index contributed by atoms with van der Waals surface area (Å²) in [7, 11) is 0. The van der Waals surface area contributed by atoms with Gasteiger partial charge < -0.3 is 9.84 Å². The van der Waals surface area contributed by atoms with Gasteiger partial charge in [0.25, 0.3) is 0 Å². The number of hydrogen-bond acceptors (Lipinski definition) is 3. The Bertz CT molecular complexity index is 322. The van der Waals surface area contributed by atoms with Crippen molar-refractivity contribution in [3.05, 3.63) is 12.2 Å². The van der Waals surface area contributed by atoms with E-state index in [1.165, 1.54) is 0 Å². The van der Waals surface area contributed by atoms with Crippen LogP contribution in [0, 0.1) is 11.8 Å². The molecule has 20 heavy (non-hydrogen) atoms. The van der Waals surface area contributed by atoms with Gasteiger partial charge in [-0.05, 0) is 24.7 Å². The van der Waals surface area contributed by atoms with E-state index in [2.05, 4.69) is 27.7 Å². The summed E-state index contributed by atoms with van der Waals surface area (Å²) in [4.78, 5) is 22.0. The first-order valence-corrected chi connectivity index (χ1v) is 7.52. The number of carbonyl (C=O) groups excluding carboxylic acids is 1. The second-order valence-electron chi connectivity index (χ2n) is 5.54. The fraction of sp³-hybridized carbons (Fsp3) is 0.750. The smallest absolute Gasteiger partial charge is 0.331 e. The van der Waals surface area contributed by atoms with Gasteiger partial charge in [-0.25, -0.2) is 9.59 Å². The topological polar surface area (TPSA) is 63.6 Å². The SMILES string of the molecule is CCCC(C)CC(OC(=O)C=CC(=O)O)C(C)CCC. The summed E-state index contributed by atoms with van der Waals surface area (Å²) in [6.45, 7) is 8.49. The maximum atomic E-state index is 11.6. The number of esters is 1. The molecule has 1 N–H and O–H groups in total. The van der Waals surface area contributed by atoms with Crippen LogP contribution in [-0.2, 0) is 14.3 Å². The average Bonchev–Trinajstić information content (AvgIpc) is 2.36. The molecule has 116 valence electrons. The van der Waals surface area contributed by atoms with Crippen LogP contribution in [0.1, 0.15) is 59.8 Å². The Balaban J connectivity index is 4.59. The molecule has 0 bridgehead atoms. The third-order valence-corrected chi connectivity index (χ3v) is 3.42. The van der Waals surface area contributed by atoms with Gasteiger partial charge in [-0.2, -0.15) is 0 Å². The molecule has 0 spiro atoms. The predicted molar refractivity (Wildman–Crippen MR) is 79.4 cm³/mol. The van der Waals surface area contributed by atoms with Gasteiger partial charge in [0.1, 0.15) is 6.10 Å². The highest BCUT2D eigenvalue weighted by atomic mass is 16.5. The van der Waals surface area contributed by atoms with Gasteiger partial charge in [0.2, 0.25) is 0 Å². The fourth-order valence-corrected chi connectivity index (χ4v) is 2.37. The number of hydrogen-bond donors (Lipinski definition) is 1. The van der Waals surface area contributed by atoms with Crippen molar-refractivity contribution in [3.63, 3.8) is 0 Å². The summed E-state index contributed by atoms with van der Waals surface area (Å²) in [6, 6.07) is 0. The Labute approximate surface area is 122 Å². The standard InChI is InChI=1S/C16H28O4/c1-5-7-12(3)11-14(13(4)8-6-2)20-16(19)10-9-15(17)18/h9-10,12-14H,5-8,11H2,1-4H3,(H,17,18). The van der Waals surface area contributed by atoms with E-state index >= 15 is 0 Å². The highest BCUT2D eigenvalue weighted by Gasteiger charge is 2.22. The second kappa shape index (κ2) is 10.5. The molecule has 4 heteroatoms. The lowest BCUT2D eigenvalue weighted by Gasteiger charge is -2.26. The van der Waals surface area contributed by atoms with E-state index in [1.54, 1.807) is 0 Å². The molecule has 0 rings (SSSR count). The van der Waals surface area contributed by atoms with Crippen molar-refractivity contribution in [3.8, 4) is 0 Å².